The maximum absolute atomic E-state index is 9.38. The maximum Gasteiger partial charge on any atom is 0.161 e. The number of pyridine rings is 2. The molecule has 0 radical (unpaired) electrons. The Hall–Kier alpha value is -2.45. The summed E-state index contributed by atoms with van der Waals surface area (Å²) in [5, 5.41) is 10.3. The van der Waals surface area contributed by atoms with Crippen molar-refractivity contribution in [1.29, 1.82) is 5.26 Å². The number of nitrogens with zero attached hydrogens (tertiary/aromatic N) is 5. The molecule has 1 aliphatic heterocycles. The van der Waals surface area contributed by atoms with E-state index in [1.54, 1.807) is 6.20 Å². The third-order valence-corrected chi connectivity index (χ3v) is 3.75. The summed E-state index contributed by atoms with van der Waals surface area (Å²) in [7, 11) is 0. The number of rotatable bonds is 3. The van der Waals surface area contributed by atoms with Crippen molar-refractivity contribution in [3.05, 3.63) is 42.6 Å². The Kier molecular flexibility index (Phi) is 3.80. The van der Waals surface area contributed by atoms with Gasteiger partial charge in [-0.3, -0.25) is 4.90 Å². The molecule has 0 atom stereocenters. The first-order valence-corrected chi connectivity index (χ1v) is 7.06. The molecule has 0 N–H and O–H groups in total. The van der Waals surface area contributed by atoms with Gasteiger partial charge in [-0.05, 0) is 18.2 Å². The number of aromatic nitrogens is 2. The highest BCUT2D eigenvalue weighted by atomic mass is 15.3. The molecule has 1 aliphatic rings. The van der Waals surface area contributed by atoms with E-state index in [9.17, 15) is 5.26 Å². The van der Waals surface area contributed by atoms with Gasteiger partial charge in [0.05, 0.1) is 5.56 Å². The summed E-state index contributed by atoms with van der Waals surface area (Å²) < 4.78 is 0. The van der Waals surface area contributed by atoms with Crippen molar-refractivity contribution < 1.29 is 0 Å². The molecule has 2 aromatic heterocycles. The summed E-state index contributed by atoms with van der Waals surface area (Å²) in [4.78, 5) is 13.4. The van der Waals surface area contributed by atoms with Crippen molar-refractivity contribution in [2.24, 2.45) is 0 Å². The SMILES string of the molecule is C=CCN1CCN(c2nc3ncccc3cc2C#N)CC1. The smallest absolute Gasteiger partial charge is 0.161 e. The highest BCUT2D eigenvalue weighted by molar-refractivity contribution is 5.79. The Morgan fingerprint density at radius 3 is 2.86 bits per heavy atom. The van der Waals surface area contributed by atoms with Gasteiger partial charge < -0.3 is 4.90 Å². The maximum atomic E-state index is 9.38. The molecule has 0 bridgehead atoms. The lowest BCUT2D eigenvalue weighted by Gasteiger charge is -2.35. The molecule has 2 aromatic rings. The van der Waals surface area contributed by atoms with E-state index < -0.39 is 0 Å². The largest absolute Gasteiger partial charge is 0.353 e. The fourth-order valence-electron chi connectivity index (χ4n) is 2.64. The van der Waals surface area contributed by atoms with Gasteiger partial charge in [-0.2, -0.15) is 5.26 Å². The molecule has 5 nitrogen and oxygen atoms in total. The molecule has 0 unspecified atom stereocenters. The molecule has 1 fully saturated rings. The number of hydrogen-bond acceptors (Lipinski definition) is 5. The Labute approximate surface area is 124 Å². The van der Waals surface area contributed by atoms with E-state index in [4.69, 9.17) is 0 Å². The van der Waals surface area contributed by atoms with Gasteiger partial charge in [0, 0.05) is 44.3 Å². The molecule has 1 saturated heterocycles. The quantitative estimate of drug-likeness (QED) is 0.802. The van der Waals surface area contributed by atoms with Crippen LogP contribution >= 0.6 is 0 Å². The normalized spacial score (nSPS) is 15.9. The average molecular weight is 279 g/mol. The highest BCUT2D eigenvalue weighted by Gasteiger charge is 2.20. The van der Waals surface area contributed by atoms with E-state index in [0.29, 0.717) is 11.2 Å². The monoisotopic (exact) mass is 279 g/mol. The van der Waals surface area contributed by atoms with Gasteiger partial charge in [0.15, 0.2) is 5.65 Å². The number of piperazine rings is 1. The summed E-state index contributed by atoms with van der Waals surface area (Å²) in [6.07, 6.45) is 3.65. The zero-order valence-corrected chi connectivity index (χ0v) is 11.9. The predicted octanol–water partition coefficient (Wildman–Crippen LogP) is 1.81. The molecule has 0 amide bonds. The molecule has 0 aliphatic carbocycles. The second-order valence-electron chi connectivity index (χ2n) is 5.10. The molecule has 106 valence electrons. The number of fused-ring (bicyclic) bond motifs is 1. The minimum absolute atomic E-state index is 0.618. The van der Waals surface area contributed by atoms with Gasteiger partial charge in [0.25, 0.3) is 0 Å². The van der Waals surface area contributed by atoms with Crippen LogP contribution in [-0.4, -0.2) is 47.6 Å². The molecule has 0 aromatic carbocycles. The highest BCUT2D eigenvalue weighted by Crippen LogP contribution is 2.23. The van der Waals surface area contributed by atoms with E-state index in [0.717, 1.165) is 43.9 Å². The predicted molar refractivity (Wildman–Crippen MR) is 83.1 cm³/mol. The zero-order valence-electron chi connectivity index (χ0n) is 11.9. The van der Waals surface area contributed by atoms with Crippen LogP contribution in [-0.2, 0) is 0 Å². The molecule has 3 rings (SSSR count). The third kappa shape index (κ3) is 2.71. The van der Waals surface area contributed by atoms with Crippen molar-refractivity contribution in [3.63, 3.8) is 0 Å². The van der Waals surface area contributed by atoms with Crippen molar-refractivity contribution in [2.45, 2.75) is 0 Å². The van der Waals surface area contributed by atoms with E-state index in [-0.39, 0.29) is 0 Å². The third-order valence-electron chi connectivity index (χ3n) is 3.75. The van der Waals surface area contributed by atoms with Crippen LogP contribution in [0.15, 0.2) is 37.1 Å². The van der Waals surface area contributed by atoms with Crippen LogP contribution in [0.4, 0.5) is 5.82 Å². The lowest BCUT2D eigenvalue weighted by Crippen LogP contribution is -2.46. The topological polar surface area (TPSA) is 56.1 Å². The molecule has 0 spiro atoms. The van der Waals surface area contributed by atoms with Crippen LogP contribution in [0.3, 0.4) is 0 Å². The van der Waals surface area contributed by atoms with E-state index >= 15 is 0 Å². The lowest BCUT2D eigenvalue weighted by atomic mass is 10.2. The fourth-order valence-corrected chi connectivity index (χ4v) is 2.64. The molecule has 3 heterocycles. The summed E-state index contributed by atoms with van der Waals surface area (Å²) in [6, 6.07) is 7.93. The molecular weight excluding hydrogens is 262 g/mol. The first-order valence-electron chi connectivity index (χ1n) is 7.06. The standard InChI is InChI=1S/C16H17N5/c1-2-6-20-7-9-21(10-8-20)16-14(12-17)11-13-4-3-5-18-15(13)19-16/h2-5,11H,1,6-10H2. The van der Waals surface area contributed by atoms with Crippen LogP contribution < -0.4 is 4.90 Å². The van der Waals surface area contributed by atoms with Crippen LogP contribution in [0.25, 0.3) is 11.0 Å². The zero-order chi connectivity index (χ0) is 14.7. The van der Waals surface area contributed by atoms with Gasteiger partial charge in [0.2, 0.25) is 0 Å². The molecule has 21 heavy (non-hydrogen) atoms. The van der Waals surface area contributed by atoms with Crippen LogP contribution in [0, 0.1) is 11.3 Å². The van der Waals surface area contributed by atoms with Gasteiger partial charge >= 0.3 is 0 Å². The van der Waals surface area contributed by atoms with Crippen LogP contribution in [0.1, 0.15) is 5.56 Å². The Bertz CT molecular complexity index is 695. The first-order chi connectivity index (χ1) is 10.3. The Morgan fingerprint density at radius 2 is 2.14 bits per heavy atom. The van der Waals surface area contributed by atoms with Gasteiger partial charge in [0.1, 0.15) is 11.9 Å². The number of hydrogen-bond donors (Lipinski definition) is 0. The molecular formula is C16H17N5. The van der Waals surface area contributed by atoms with Crippen molar-refractivity contribution in [3.8, 4) is 6.07 Å². The van der Waals surface area contributed by atoms with E-state index in [1.165, 1.54) is 0 Å². The first kappa shape index (κ1) is 13.5. The second-order valence-corrected chi connectivity index (χ2v) is 5.10. The van der Waals surface area contributed by atoms with Gasteiger partial charge in [-0.15, -0.1) is 6.58 Å². The minimum Gasteiger partial charge on any atom is -0.353 e. The summed E-state index contributed by atoms with van der Waals surface area (Å²) in [5.41, 5.74) is 1.31. The summed E-state index contributed by atoms with van der Waals surface area (Å²) >= 11 is 0. The van der Waals surface area contributed by atoms with Crippen LogP contribution in [0.2, 0.25) is 0 Å². The summed E-state index contributed by atoms with van der Waals surface area (Å²) in [5.74, 6) is 0.752. The van der Waals surface area contributed by atoms with Crippen molar-refractivity contribution in [2.75, 3.05) is 37.6 Å². The van der Waals surface area contributed by atoms with Gasteiger partial charge in [-0.25, -0.2) is 9.97 Å². The van der Waals surface area contributed by atoms with Crippen LogP contribution in [0.5, 0.6) is 0 Å². The van der Waals surface area contributed by atoms with Gasteiger partial charge in [-0.1, -0.05) is 6.08 Å². The molecule has 5 heteroatoms. The van der Waals surface area contributed by atoms with E-state index in [2.05, 4.69) is 32.4 Å². The summed E-state index contributed by atoms with van der Waals surface area (Å²) in [6.45, 7) is 8.34. The fraction of sp³-hybridized carbons (Fsp3) is 0.312. The Balaban J connectivity index is 1.90. The number of nitriles is 1. The second kappa shape index (κ2) is 5.90. The van der Waals surface area contributed by atoms with Crippen molar-refractivity contribution in [1.82, 2.24) is 14.9 Å². The number of anilines is 1. The Morgan fingerprint density at radius 1 is 1.33 bits per heavy atom. The lowest BCUT2D eigenvalue weighted by molar-refractivity contribution is 0.283. The average Bonchev–Trinajstić information content (AvgIpc) is 2.54. The molecule has 0 saturated carbocycles. The van der Waals surface area contributed by atoms with Crippen molar-refractivity contribution >= 4 is 16.9 Å². The van der Waals surface area contributed by atoms with E-state index in [1.807, 2.05) is 24.3 Å². The minimum atomic E-state index is 0.618.